The van der Waals surface area contributed by atoms with Gasteiger partial charge in [-0.3, -0.25) is 0 Å². The van der Waals surface area contributed by atoms with Crippen LogP contribution < -0.4 is 0 Å². The summed E-state index contributed by atoms with van der Waals surface area (Å²) in [4.78, 5) is 11.3. The van der Waals surface area contributed by atoms with Gasteiger partial charge in [0.15, 0.2) is 0 Å². The SMILES string of the molecule is C=C1CC2(CCCCCCC2)OC1=O. The van der Waals surface area contributed by atoms with Gasteiger partial charge in [0.05, 0.1) is 0 Å². The molecule has 1 saturated carbocycles. The van der Waals surface area contributed by atoms with Crippen molar-refractivity contribution in [2.45, 2.75) is 57.0 Å². The number of hydrogen-bond acceptors (Lipinski definition) is 2. The Morgan fingerprint density at radius 1 is 1.07 bits per heavy atom. The van der Waals surface area contributed by atoms with E-state index in [9.17, 15) is 4.79 Å². The molecule has 1 aliphatic heterocycles. The van der Waals surface area contributed by atoms with Crippen LogP contribution in [0.25, 0.3) is 0 Å². The fourth-order valence-electron chi connectivity index (χ4n) is 2.59. The summed E-state index contributed by atoms with van der Waals surface area (Å²) in [6, 6.07) is 0. The predicted octanol–water partition coefficient (Wildman–Crippen LogP) is 2.97. The largest absolute Gasteiger partial charge is 0.455 e. The van der Waals surface area contributed by atoms with Gasteiger partial charge < -0.3 is 4.74 Å². The lowest BCUT2D eigenvalue weighted by Crippen LogP contribution is -2.29. The first-order valence-electron chi connectivity index (χ1n) is 5.63. The van der Waals surface area contributed by atoms with Crippen molar-refractivity contribution in [3.8, 4) is 0 Å². The summed E-state index contributed by atoms with van der Waals surface area (Å²) in [6.07, 6.45) is 9.14. The Kier molecular flexibility index (Phi) is 2.62. The van der Waals surface area contributed by atoms with Crippen molar-refractivity contribution < 1.29 is 9.53 Å². The molecule has 0 aromatic rings. The van der Waals surface area contributed by atoms with Crippen molar-refractivity contribution >= 4 is 5.97 Å². The summed E-state index contributed by atoms with van der Waals surface area (Å²) in [5.41, 5.74) is 0.514. The smallest absolute Gasteiger partial charge is 0.334 e. The first kappa shape index (κ1) is 9.75. The molecule has 2 heteroatoms. The number of hydrogen-bond donors (Lipinski definition) is 0. The fourth-order valence-corrected chi connectivity index (χ4v) is 2.59. The lowest BCUT2D eigenvalue weighted by Gasteiger charge is -2.29. The summed E-state index contributed by atoms with van der Waals surface area (Å²) in [7, 11) is 0. The van der Waals surface area contributed by atoms with Crippen LogP contribution in [-0.2, 0) is 9.53 Å². The zero-order valence-electron chi connectivity index (χ0n) is 8.68. The summed E-state index contributed by atoms with van der Waals surface area (Å²) < 4.78 is 5.50. The fraction of sp³-hybridized carbons (Fsp3) is 0.750. The van der Waals surface area contributed by atoms with E-state index >= 15 is 0 Å². The molecule has 2 rings (SSSR count). The van der Waals surface area contributed by atoms with E-state index in [2.05, 4.69) is 6.58 Å². The molecule has 14 heavy (non-hydrogen) atoms. The molecule has 0 N–H and O–H groups in total. The summed E-state index contributed by atoms with van der Waals surface area (Å²) in [6.45, 7) is 3.76. The third kappa shape index (κ3) is 1.84. The monoisotopic (exact) mass is 194 g/mol. The van der Waals surface area contributed by atoms with Crippen molar-refractivity contribution in [1.82, 2.24) is 0 Å². The Morgan fingerprint density at radius 2 is 1.64 bits per heavy atom. The van der Waals surface area contributed by atoms with Gasteiger partial charge in [-0.1, -0.05) is 25.8 Å². The van der Waals surface area contributed by atoms with Crippen LogP contribution >= 0.6 is 0 Å². The summed E-state index contributed by atoms with van der Waals surface area (Å²) >= 11 is 0. The average molecular weight is 194 g/mol. The molecule has 1 spiro atoms. The molecule has 2 nitrogen and oxygen atoms in total. The Bertz CT molecular complexity index is 229. The molecule has 1 aliphatic carbocycles. The maximum atomic E-state index is 11.3. The highest BCUT2D eigenvalue weighted by Gasteiger charge is 2.41. The van der Waals surface area contributed by atoms with Crippen molar-refractivity contribution in [3.05, 3.63) is 12.2 Å². The first-order valence-corrected chi connectivity index (χ1v) is 5.63. The predicted molar refractivity (Wildman–Crippen MR) is 54.9 cm³/mol. The molecule has 1 saturated heterocycles. The number of carbonyl (C=O) groups is 1. The lowest BCUT2D eigenvalue weighted by molar-refractivity contribution is -0.148. The first-order chi connectivity index (χ1) is 6.72. The van der Waals surface area contributed by atoms with Crippen LogP contribution in [0.5, 0.6) is 0 Å². The Balaban J connectivity index is 2.05. The van der Waals surface area contributed by atoms with Gasteiger partial charge in [-0.05, 0) is 25.7 Å². The van der Waals surface area contributed by atoms with Crippen molar-refractivity contribution in [2.75, 3.05) is 0 Å². The van der Waals surface area contributed by atoms with E-state index in [4.69, 9.17) is 4.74 Å². The zero-order chi connectivity index (χ0) is 10.0. The van der Waals surface area contributed by atoms with Gasteiger partial charge in [0, 0.05) is 12.0 Å². The van der Waals surface area contributed by atoms with E-state index in [1.54, 1.807) is 0 Å². The molecular formula is C12H18O2. The maximum Gasteiger partial charge on any atom is 0.334 e. The van der Waals surface area contributed by atoms with Crippen LogP contribution in [0.3, 0.4) is 0 Å². The topological polar surface area (TPSA) is 26.3 Å². The molecule has 78 valence electrons. The van der Waals surface area contributed by atoms with Crippen LogP contribution in [0.15, 0.2) is 12.2 Å². The molecule has 2 fully saturated rings. The molecule has 0 aromatic carbocycles. The second kappa shape index (κ2) is 3.76. The van der Waals surface area contributed by atoms with E-state index in [0.717, 1.165) is 19.3 Å². The van der Waals surface area contributed by atoms with Gasteiger partial charge in [-0.2, -0.15) is 0 Å². The number of ether oxygens (including phenoxy) is 1. The minimum absolute atomic E-state index is 0.158. The molecule has 0 aromatic heterocycles. The van der Waals surface area contributed by atoms with E-state index in [-0.39, 0.29) is 11.6 Å². The molecule has 0 radical (unpaired) electrons. The van der Waals surface area contributed by atoms with Gasteiger partial charge in [-0.15, -0.1) is 0 Å². The molecule has 0 bridgehead atoms. The number of esters is 1. The van der Waals surface area contributed by atoms with Gasteiger partial charge in [0.2, 0.25) is 0 Å². The van der Waals surface area contributed by atoms with Crippen molar-refractivity contribution in [1.29, 1.82) is 0 Å². The van der Waals surface area contributed by atoms with Crippen LogP contribution in [0.1, 0.15) is 51.4 Å². The second-order valence-corrected chi connectivity index (χ2v) is 4.62. The van der Waals surface area contributed by atoms with Crippen LogP contribution in [0, 0.1) is 0 Å². The van der Waals surface area contributed by atoms with Gasteiger partial charge >= 0.3 is 5.97 Å². The minimum atomic E-state index is -0.162. The standard InChI is InChI=1S/C12H18O2/c1-10-9-12(14-11(10)13)7-5-3-2-4-6-8-12/h1-9H2. The van der Waals surface area contributed by atoms with Gasteiger partial charge in [0.1, 0.15) is 5.60 Å². The number of rotatable bonds is 0. The highest BCUT2D eigenvalue weighted by Crippen LogP contribution is 2.39. The average Bonchev–Trinajstić information content (AvgIpc) is 2.38. The van der Waals surface area contributed by atoms with Crippen molar-refractivity contribution in [3.63, 3.8) is 0 Å². The van der Waals surface area contributed by atoms with Crippen LogP contribution in [0.2, 0.25) is 0 Å². The molecule has 1 heterocycles. The van der Waals surface area contributed by atoms with Crippen LogP contribution in [0.4, 0.5) is 0 Å². The quantitative estimate of drug-likeness (QED) is 0.437. The van der Waals surface area contributed by atoms with E-state index < -0.39 is 0 Å². The highest BCUT2D eigenvalue weighted by molar-refractivity contribution is 5.90. The highest BCUT2D eigenvalue weighted by atomic mass is 16.6. The Labute approximate surface area is 85.3 Å². The third-order valence-corrected chi connectivity index (χ3v) is 3.40. The second-order valence-electron chi connectivity index (χ2n) is 4.62. The minimum Gasteiger partial charge on any atom is -0.455 e. The molecule has 0 atom stereocenters. The van der Waals surface area contributed by atoms with Crippen molar-refractivity contribution in [2.24, 2.45) is 0 Å². The van der Waals surface area contributed by atoms with Gasteiger partial charge in [-0.25, -0.2) is 4.79 Å². The number of carbonyl (C=O) groups excluding carboxylic acids is 1. The van der Waals surface area contributed by atoms with E-state index in [1.807, 2.05) is 0 Å². The zero-order valence-corrected chi connectivity index (χ0v) is 8.68. The lowest BCUT2D eigenvalue weighted by atomic mass is 9.84. The van der Waals surface area contributed by atoms with E-state index in [1.165, 1.54) is 32.1 Å². The normalized spacial score (nSPS) is 27.1. The molecular weight excluding hydrogens is 176 g/mol. The molecule has 0 amide bonds. The third-order valence-electron chi connectivity index (χ3n) is 3.40. The summed E-state index contributed by atoms with van der Waals surface area (Å²) in [5.74, 6) is -0.162. The maximum absolute atomic E-state index is 11.3. The summed E-state index contributed by atoms with van der Waals surface area (Å²) in [5, 5.41) is 0. The Hall–Kier alpha value is -0.790. The molecule has 0 unspecified atom stereocenters. The van der Waals surface area contributed by atoms with Crippen LogP contribution in [-0.4, -0.2) is 11.6 Å². The van der Waals surface area contributed by atoms with E-state index in [0.29, 0.717) is 5.57 Å². The molecule has 2 aliphatic rings. The van der Waals surface area contributed by atoms with Gasteiger partial charge in [0.25, 0.3) is 0 Å². The Morgan fingerprint density at radius 3 is 2.14 bits per heavy atom.